The van der Waals surface area contributed by atoms with Crippen LogP contribution in [-0.2, 0) is 4.79 Å². The van der Waals surface area contributed by atoms with Crippen molar-refractivity contribution < 1.29 is 4.79 Å². The maximum atomic E-state index is 11.8. The lowest BCUT2D eigenvalue weighted by Gasteiger charge is -2.36. The topological polar surface area (TPSA) is 46.3 Å². The molecule has 3 heteroatoms. The minimum absolute atomic E-state index is 0.0169. The molecule has 3 nitrogen and oxygen atoms in total. The van der Waals surface area contributed by atoms with Gasteiger partial charge in [0, 0.05) is 12.6 Å². The van der Waals surface area contributed by atoms with Gasteiger partial charge in [0.2, 0.25) is 5.91 Å². The Morgan fingerprint density at radius 2 is 2.14 bits per heavy atom. The van der Waals surface area contributed by atoms with Crippen molar-refractivity contribution in [2.45, 2.75) is 45.2 Å². The van der Waals surface area contributed by atoms with Crippen LogP contribution in [0.2, 0.25) is 0 Å². The lowest BCUT2D eigenvalue weighted by atomic mass is 9.98. The maximum absolute atomic E-state index is 11.8. The molecule has 0 bridgehead atoms. The average Bonchev–Trinajstić information content (AvgIpc) is 2.15. The Morgan fingerprint density at radius 1 is 1.64 bits per heavy atom. The van der Waals surface area contributed by atoms with E-state index in [-0.39, 0.29) is 11.4 Å². The second kappa shape index (κ2) is 5.15. The first-order valence-electron chi connectivity index (χ1n) is 5.01. The summed E-state index contributed by atoms with van der Waals surface area (Å²) in [6.07, 6.45) is 3.12. The molecule has 82 valence electrons. The molecule has 0 heterocycles. The predicted molar refractivity (Wildman–Crippen MR) is 59.9 cm³/mol. The van der Waals surface area contributed by atoms with Crippen molar-refractivity contribution in [2.24, 2.45) is 5.73 Å². The molecule has 0 fully saturated rings. The molecular weight excluding hydrogens is 176 g/mol. The number of amides is 1. The van der Waals surface area contributed by atoms with E-state index in [4.69, 9.17) is 5.73 Å². The molecular formula is C11H22N2O. The van der Waals surface area contributed by atoms with E-state index in [0.29, 0.717) is 6.42 Å². The van der Waals surface area contributed by atoms with E-state index in [1.54, 1.807) is 18.0 Å². The maximum Gasteiger partial charge on any atom is 0.239 e. The molecule has 2 N–H and O–H groups in total. The van der Waals surface area contributed by atoms with E-state index in [9.17, 15) is 4.79 Å². The first-order chi connectivity index (χ1) is 6.36. The van der Waals surface area contributed by atoms with Crippen LogP contribution in [0.4, 0.5) is 0 Å². The first-order valence-corrected chi connectivity index (χ1v) is 5.01. The summed E-state index contributed by atoms with van der Waals surface area (Å²) in [6.45, 7) is 9.70. The van der Waals surface area contributed by atoms with Gasteiger partial charge in [0.05, 0.1) is 6.04 Å². The van der Waals surface area contributed by atoms with E-state index < -0.39 is 6.04 Å². The second-order valence-corrected chi connectivity index (χ2v) is 4.19. The molecule has 0 rings (SSSR count). The lowest BCUT2D eigenvalue weighted by Crippen LogP contribution is -2.51. The van der Waals surface area contributed by atoms with Gasteiger partial charge in [-0.1, -0.05) is 13.0 Å². The number of carbonyl (C=O) groups is 1. The molecule has 0 saturated heterocycles. The molecule has 0 aliphatic carbocycles. The Kier molecular flexibility index (Phi) is 4.85. The highest BCUT2D eigenvalue weighted by Crippen LogP contribution is 2.17. The van der Waals surface area contributed by atoms with Crippen molar-refractivity contribution >= 4 is 5.91 Å². The van der Waals surface area contributed by atoms with Crippen LogP contribution < -0.4 is 5.73 Å². The van der Waals surface area contributed by atoms with Crippen molar-refractivity contribution in [2.75, 3.05) is 7.05 Å². The number of hydrogen-bond donors (Lipinski definition) is 1. The van der Waals surface area contributed by atoms with Crippen LogP contribution >= 0.6 is 0 Å². The van der Waals surface area contributed by atoms with Crippen LogP contribution in [0.15, 0.2) is 12.7 Å². The molecule has 0 aromatic heterocycles. The third-order valence-electron chi connectivity index (χ3n) is 2.84. The van der Waals surface area contributed by atoms with Gasteiger partial charge in [-0.15, -0.1) is 6.58 Å². The van der Waals surface area contributed by atoms with E-state index in [1.165, 1.54) is 0 Å². The number of rotatable bonds is 5. The fraction of sp³-hybridized carbons (Fsp3) is 0.727. The van der Waals surface area contributed by atoms with E-state index in [2.05, 4.69) is 13.5 Å². The normalized spacial score (nSPS) is 13.5. The minimum atomic E-state index is -0.455. The van der Waals surface area contributed by atoms with Gasteiger partial charge in [-0.05, 0) is 26.7 Å². The van der Waals surface area contributed by atoms with Gasteiger partial charge in [-0.3, -0.25) is 4.79 Å². The highest BCUT2D eigenvalue weighted by molar-refractivity contribution is 5.82. The van der Waals surface area contributed by atoms with Gasteiger partial charge in [-0.2, -0.15) is 0 Å². The Balaban J connectivity index is 4.45. The smallest absolute Gasteiger partial charge is 0.239 e. The van der Waals surface area contributed by atoms with Gasteiger partial charge < -0.3 is 10.6 Å². The van der Waals surface area contributed by atoms with Gasteiger partial charge >= 0.3 is 0 Å². The fourth-order valence-electron chi connectivity index (χ4n) is 1.06. The molecule has 1 atom stereocenters. The van der Waals surface area contributed by atoms with E-state index in [0.717, 1.165) is 6.42 Å². The summed E-state index contributed by atoms with van der Waals surface area (Å²) >= 11 is 0. The zero-order chi connectivity index (χ0) is 11.4. The zero-order valence-electron chi connectivity index (χ0n) is 9.71. The summed E-state index contributed by atoms with van der Waals surface area (Å²) in [5.41, 5.74) is 5.59. The Hall–Kier alpha value is -0.830. The first kappa shape index (κ1) is 13.2. The largest absolute Gasteiger partial charge is 0.339 e. The number of nitrogens with two attached hydrogens (primary N) is 1. The molecule has 0 saturated carbocycles. The van der Waals surface area contributed by atoms with Gasteiger partial charge in [-0.25, -0.2) is 0 Å². The zero-order valence-corrected chi connectivity index (χ0v) is 9.71. The van der Waals surface area contributed by atoms with E-state index >= 15 is 0 Å². The van der Waals surface area contributed by atoms with Crippen LogP contribution in [-0.4, -0.2) is 29.4 Å². The van der Waals surface area contributed by atoms with Crippen LogP contribution in [0.3, 0.4) is 0 Å². The molecule has 0 aromatic carbocycles. The van der Waals surface area contributed by atoms with Crippen molar-refractivity contribution in [3.8, 4) is 0 Å². The van der Waals surface area contributed by atoms with Crippen molar-refractivity contribution in [1.82, 2.24) is 4.90 Å². The second-order valence-electron chi connectivity index (χ2n) is 4.19. The fourth-order valence-corrected chi connectivity index (χ4v) is 1.06. The van der Waals surface area contributed by atoms with Gasteiger partial charge in [0.1, 0.15) is 0 Å². The Morgan fingerprint density at radius 3 is 2.50 bits per heavy atom. The van der Waals surface area contributed by atoms with Crippen molar-refractivity contribution in [1.29, 1.82) is 0 Å². The summed E-state index contributed by atoms with van der Waals surface area (Å²) in [4.78, 5) is 13.5. The van der Waals surface area contributed by atoms with Crippen molar-refractivity contribution in [3.63, 3.8) is 0 Å². The highest BCUT2D eigenvalue weighted by atomic mass is 16.2. The summed E-state index contributed by atoms with van der Waals surface area (Å²) in [6, 6.07) is -0.455. The molecule has 0 aliphatic heterocycles. The van der Waals surface area contributed by atoms with Crippen molar-refractivity contribution in [3.05, 3.63) is 12.7 Å². The average molecular weight is 198 g/mol. The molecule has 0 aromatic rings. The monoisotopic (exact) mass is 198 g/mol. The number of hydrogen-bond acceptors (Lipinski definition) is 2. The van der Waals surface area contributed by atoms with Crippen LogP contribution in [0.25, 0.3) is 0 Å². The standard InChI is InChI=1S/C11H22N2O/c1-6-8-9(12)10(14)13(5)11(3,4)7-2/h6,9H,1,7-8,12H2,2-5H3. The highest BCUT2D eigenvalue weighted by Gasteiger charge is 2.28. The third kappa shape index (κ3) is 3.14. The van der Waals surface area contributed by atoms with Gasteiger partial charge in [0.25, 0.3) is 0 Å². The summed E-state index contributed by atoms with van der Waals surface area (Å²) in [5, 5.41) is 0. The molecule has 0 radical (unpaired) electrons. The lowest BCUT2D eigenvalue weighted by molar-refractivity contribution is -0.136. The van der Waals surface area contributed by atoms with Crippen LogP contribution in [0.5, 0.6) is 0 Å². The summed E-state index contributed by atoms with van der Waals surface area (Å²) < 4.78 is 0. The quantitative estimate of drug-likeness (QED) is 0.681. The molecule has 0 aliphatic rings. The van der Waals surface area contributed by atoms with Crippen LogP contribution in [0.1, 0.15) is 33.6 Å². The van der Waals surface area contributed by atoms with Crippen LogP contribution in [0, 0.1) is 0 Å². The third-order valence-corrected chi connectivity index (χ3v) is 2.84. The van der Waals surface area contributed by atoms with Gasteiger partial charge in [0.15, 0.2) is 0 Å². The minimum Gasteiger partial charge on any atom is -0.339 e. The molecule has 1 unspecified atom stereocenters. The molecule has 14 heavy (non-hydrogen) atoms. The predicted octanol–water partition coefficient (Wildman–Crippen LogP) is 1.54. The number of carbonyl (C=O) groups excluding carboxylic acids is 1. The SMILES string of the molecule is C=CCC(N)C(=O)N(C)C(C)(C)CC. The summed E-state index contributed by atoms with van der Waals surface area (Å²) in [5.74, 6) is -0.0169. The summed E-state index contributed by atoms with van der Waals surface area (Å²) in [7, 11) is 1.80. The molecule has 0 spiro atoms. The number of likely N-dealkylation sites (N-methyl/N-ethyl adjacent to an activating group) is 1. The molecule has 1 amide bonds. The Bertz CT molecular complexity index is 211. The van der Waals surface area contributed by atoms with E-state index in [1.807, 2.05) is 13.8 Å². The number of nitrogens with zero attached hydrogens (tertiary/aromatic N) is 1. The Labute approximate surface area is 87.0 Å².